The van der Waals surface area contributed by atoms with E-state index in [1.54, 1.807) is 4.90 Å². The smallest absolute Gasteiger partial charge is 0.322 e. The Bertz CT molecular complexity index is 916. The van der Waals surface area contributed by atoms with E-state index >= 15 is 0 Å². The third-order valence-electron chi connectivity index (χ3n) is 4.24. The number of urea groups is 1. The molecule has 1 N–H and O–H groups in total. The molecule has 0 aliphatic heterocycles. The fraction of sp³-hybridized carbons (Fsp3) is 0.286. The molecule has 140 valence electrons. The highest BCUT2D eigenvalue weighted by atomic mass is 16.5. The minimum atomic E-state index is -0.203. The summed E-state index contributed by atoms with van der Waals surface area (Å²) < 4.78 is 5.37. The number of aryl methyl sites for hydroxylation is 2. The van der Waals surface area contributed by atoms with Crippen LogP contribution in [0.15, 0.2) is 53.1 Å². The summed E-state index contributed by atoms with van der Waals surface area (Å²) in [6, 6.07) is 15.4. The van der Waals surface area contributed by atoms with E-state index in [4.69, 9.17) is 4.52 Å². The minimum Gasteiger partial charge on any atom is -0.337 e. The Balaban J connectivity index is 1.73. The third-order valence-corrected chi connectivity index (χ3v) is 4.24. The number of benzene rings is 2. The van der Waals surface area contributed by atoms with E-state index in [1.165, 1.54) is 5.56 Å². The Morgan fingerprint density at radius 1 is 1.11 bits per heavy atom. The van der Waals surface area contributed by atoms with Crippen molar-refractivity contribution in [2.75, 3.05) is 5.32 Å². The molecule has 0 fully saturated rings. The first kappa shape index (κ1) is 18.6. The van der Waals surface area contributed by atoms with Crippen LogP contribution in [-0.4, -0.2) is 27.1 Å². The molecule has 0 spiro atoms. The first-order valence-corrected chi connectivity index (χ1v) is 8.96. The predicted octanol–water partition coefficient (Wildman–Crippen LogP) is 4.80. The SMILES string of the molecule is Cc1ccc(-c2noc(CN(C(=O)Nc3cccc(C)c3)C(C)C)n2)cc1. The molecule has 0 aliphatic rings. The number of hydrogen-bond acceptors (Lipinski definition) is 4. The molecule has 0 radical (unpaired) electrons. The third kappa shape index (κ3) is 4.73. The van der Waals surface area contributed by atoms with E-state index < -0.39 is 0 Å². The van der Waals surface area contributed by atoms with Gasteiger partial charge in [-0.2, -0.15) is 4.98 Å². The summed E-state index contributed by atoms with van der Waals surface area (Å²) in [6.07, 6.45) is 0. The van der Waals surface area contributed by atoms with E-state index in [9.17, 15) is 4.79 Å². The van der Waals surface area contributed by atoms with Crippen LogP contribution in [0.2, 0.25) is 0 Å². The van der Waals surface area contributed by atoms with E-state index in [2.05, 4.69) is 15.5 Å². The van der Waals surface area contributed by atoms with Crippen LogP contribution in [0.4, 0.5) is 10.5 Å². The zero-order valence-corrected chi connectivity index (χ0v) is 16.1. The molecule has 0 saturated heterocycles. The molecule has 6 nitrogen and oxygen atoms in total. The van der Waals surface area contributed by atoms with Gasteiger partial charge in [-0.3, -0.25) is 0 Å². The molecule has 0 aliphatic carbocycles. The molecule has 0 saturated carbocycles. The maximum absolute atomic E-state index is 12.7. The lowest BCUT2D eigenvalue weighted by molar-refractivity contribution is 0.182. The van der Waals surface area contributed by atoms with Crippen LogP contribution in [-0.2, 0) is 6.54 Å². The van der Waals surface area contributed by atoms with Gasteiger partial charge in [0.1, 0.15) is 6.54 Å². The zero-order chi connectivity index (χ0) is 19.4. The monoisotopic (exact) mass is 364 g/mol. The predicted molar refractivity (Wildman–Crippen MR) is 105 cm³/mol. The Kier molecular flexibility index (Phi) is 5.54. The number of anilines is 1. The summed E-state index contributed by atoms with van der Waals surface area (Å²) in [5, 5.41) is 6.97. The molecule has 6 heteroatoms. The molecule has 2 amide bonds. The van der Waals surface area contributed by atoms with Crippen molar-refractivity contribution < 1.29 is 9.32 Å². The number of hydrogen-bond donors (Lipinski definition) is 1. The number of aromatic nitrogens is 2. The van der Waals surface area contributed by atoms with Gasteiger partial charge in [-0.15, -0.1) is 0 Å². The van der Waals surface area contributed by atoms with E-state index in [0.29, 0.717) is 11.7 Å². The molecule has 0 bridgehead atoms. The second kappa shape index (κ2) is 8.03. The molecule has 27 heavy (non-hydrogen) atoms. The van der Waals surface area contributed by atoms with Crippen molar-refractivity contribution >= 4 is 11.7 Å². The highest BCUT2D eigenvalue weighted by molar-refractivity contribution is 5.89. The van der Waals surface area contributed by atoms with Crippen LogP contribution >= 0.6 is 0 Å². The Labute approximate surface area is 159 Å². The molecule has 3 rings (SSSR count). The van der Waals surface area contributed by atoms with Gasteiger partial charge in [-0.05, 0) is 45.4 Å². The van der Waals surface area contributed by atoms with Gasteiger partial charge in [0, 0.05) is 17.3 Å². The quantitative estimate of drug-likeness (QED) is 0.706. The van der Waals surface area contributed by atoms with Crippen LogP contribution in [0.1, 0.15) is 30.9 Å². The van der Waals surface area contributed by atoms with Gasteiger partial charge in [0.25, 0.3) is 0 Å². The summed E-state index contributed by atoms with van der Waals surface area (Å²) in [5.74, 6) is 0.923. The van der Waals surface area contributed by atoms with Crippen LogP contribution in [0, 0.1) is 13.8 Å². The number of rotatable bonds is 5. The van der Waals surface area contributed by atoms with Gasteiger partial charge < -0.3 is 14.7 Å². The molecule has 0 atom stereocenters. The maximum atomic E-state index is 12.7. The van der Waals surface area contributed by atoms with Crippen molar-refractivity contribution in [1.82, 2.24) is 15.0 Å². The average molecular weight is 364 g/mol. The molecular formula is C21H24N4O2. The second-order valence-electron chi connectivity index (χ2n) is 6.90. The second-order valence-corrected chi connectivity index (χ2v) is 6.90. The van der Waals surface area contributed by atoms with Crippen LogP contribution < -0.4 is 5.32 Å². The van der Waals surface area contributed by atoms with E-state index in [1.807, 2.05) is 76.2 Å². The van der Waals surface area contributed by atoms with Gasteiger partial charge in [-0.1, -0.05) is 47.1 Å². The van der Waals surface area contributed by atoms with Gasteiger partial charge >= 0.3 is 6.03 Å². The Hall–Kier alpha value is -3.15. The summed E-state index contributed by atoms with van der Waals surface area (Å²) in [7, 11) is 0. The lowest BCUT2D eigenvalue weighted by atomic mass is 10.1. The largest absolute Gasteiger partial charge is 0.337 e. The average Bonchev–Trinajstić information content (AvgIpc) is 3.08. The zero-order valence-electron chi connectivity index (χ0n) is 16.1. The first-order chi connectivity index (χ1) is 12.9. The normalized spacial score (nSPS) is 10.9. The summed E-state index contributed by atoms with van der Waals surface area (Å²) >= 11 is 0. The van der Waals surface area contributed by atoms with Crippen LogP contribution in [0.25, 0.3) is 11.4 Å². The number of carbonyl (C=O) groups excluding carboxylic acids is 1. The topological polar surface area (TPSA) is 71.3 Å². The van der Waals surface area contributed by atoms with E-state index in [-0.39, 0.29) is 18.6 Å². The highest BCUT2D eigenvalue weighted by Gasteiger charge is 2.21. The summed E-state index contributed by atoms with van der Waals surface area (Å²) in [4.78, 5) is 18.8. The Morgan fingerprint density at radius 2 is 1.85 bits per heavy atom. The van der Waals surface area contributed by atoms with Crippen LogP contribution in [0.3, 0.4) is 0 Å². The summed E-state index contributed by atoms with van der Waals surface area (Å²) in [5.41, 5.74) is 3.90. The molecule has 0 unspecified atom stereocenters. The minimum absolute atomic E-state index is 0.0236. The lowest BCUT2D eigenvalue weighted by Gasteiger charge is -2.25. The van der Waals surface area contributed by atoms with Gasteiger partial charge in [0.05, 0.1) is 0 Å². The maximum Gasteiger partial charge on any atom is 0.322 e. The fourth-order valence-electron chi connectivity index (χ4n) is 2.69. The van der Waals surface area contributed by atoms with Crippen LogP contribution in [0.5, 0.6) is 0 Å². The molecule has 3 aromatic rings. The summed E-state index contributed by atoms with van der Waals surface area (Å²) in [6.45, 7) is 8.16. The number of nitrogens with one attached hydrogen (secondary N) is 1. The van der Waals surface area contributed by atoms with Crippen molar-refractivity contribution in [1.29, 1.82) is 0 Å². The number of nitrogens with zero attached hydrogens (tertiary/aromatic N) is 3. The van der Waals surface area contributed by atoms with Gasteiger partial charge in [0.2, 0.25) is 11.7 Å². The first-order valence-electron chi connectivity index (χ1n) is 8.96. The van der Waals surface area contributed by atoms with Crippen molar-refractivity contribution in [3.63, 3.8) is 0 Å². The molecule has 1 heterocycles. The molecule has 2 aromatic carbocycles. The Morgan fingerprint density at radius 3 is 2.52 bits per heavy atom. The number of amides is 2. The lowest BCUT2D eigenvalue weighted by Crippen LogP contribution is -2.39. The van der Waals surface area contributed by atoms with Crippen molar-refractivity contribution in [3.8, 4) is 11.4 Å². The van der Waals surface area contributed by atoms with Gasteiger partial charge in [-0.25, -0.2) is 4.79 Å². The highest BCUT2D eigenvalue weighted by Crippen LogP contribution is 2.18. The van der Waals surface area contributed by atoms with Crippen molar-refractivity contribution in [2.45, 2.75) is 40.3 Å². The molecule has 1 aromatic heterocycles. The van der Waals surface area contributed by atoms with Gasteiger partial charge in [0.15, 0.2) is 0 Å². The standard InChI is InChI=1S/C21H24N4O2/c1-14(2)25(21(26)22-18-7-5-6-16(4)12-18)13-19-23-20(24-27-19)17-10-8-15(3)9-11-17/h5-12,14H,13H2,1-4H3,(H,22,26). The number of carbonyl (C=O) groups is 1. The van der Waals surface area contributed by atoms with Crippen molar-refractivity contribution in [3.05, 3.63) is 65.5 Å². The van der Waals surface area contributed by atoms with Crippen molar-refractivity contribution in [2.24, 2.45) is 0 Å². The van der Waals surface area contributed by atoms with E-state index in [0.717, 1.165) is 16.8 Å². The fourth-order valence-corrected chi connectivity index (χ4v) is 2.69. The molecular weight excluding hydrogens is 340 g/mol.